The first-order valence-electron chi connectivity index (χ1n) is 8.56. The van der Waals surface area contributed by atoms with Gasteiger partial charge in [0, 0.05) is 6.42 Å². The number of esters is 1. The van der Waals surface area contributed by atoms with Crippen LogP contribution in [-0.2, 0) is 30.8 Å². The smallest absolute Gasteiger partial charge is 0.328 e. The minimum atomic E-state index is -3.53. The van der Waals surface area contributed by atoms with Crippen molar-refractivity contribution in [3.8, 4) is 5.75 Å². The number of rotatable bonds is 7. The van der Waals surface area contributed by atoms with E-state index in [1.54, 1.807) is 31.4 Å². The molecule has 0 bridgehead atoms. The molecule has 1 aliphatic heterocycles. The summed E-state index contributed by atoms with van der Waals surface area (Å²) in [5.74, 6) is -0.427. The number of sulfonamides is 1. The minimum absolute atomic E-state index is 0.220. The van der Waals surface area contributed by atoms with E-state index >= 15 is 0 Å². The number of hydrogen-bond donors (Lipinski definition) is 2. The van der Waals surface area contributed by atoms with Crippen LogP contribution in [-0.4, -0.2) is 76.8 Å². The molecule has 1 aliphatic rings. The maximum atomic E-state index is 12.7. The number of amides is 1. The molecule has 0 unspecified atom stereocenters. The average molecular weight is 400 g/mol. The van der Waals surface area contributed by atoms with Crippen molar-refractivity contribution in [2.45, 2.75) is 18.5 Å². The van der Waals surface area contributed by atoms with Gasteiger partial charge in [0.05, 0.1) is 33.6 Å². The molecule has 1 amide bonds. The normalized spacial score (nSPS) is 19.1. The van der Waals surface area contributed by atoms with Crippen LogP contribution in [0.1, 0.15) is 5.56 Å². The largest absolute Gasteiger partial charge is 0.497 e. The molecule has 2 rings (SSSR count). The number of hydrogen-bond acceptors (Lipinski definition) is 6. The molecule has 9 nitrogen and oxygen atoms in total. The van der Waals surface area contributed by atoms with E-state index in [-0.39, 0.29) is 13.0 Å². The first-order valence-corrected chi connectivity index (χ1v) is 10.4. The summed E-state index contributed by atoms with van der Waals surface area (Å²) >= 11 is 0. The molecule has 3 N–H and O–H groups in total. The third-order valence-electron chi connectivity index (χ3n) is 4.42. The van der Waals surface area contributed by atoms with E-state index in [2.05, 4.69) is 5.32 Å². The maximum absolute atomic E-state index is 12.7. The van der Waals surface area contributed by atoms with Crippen LogP contribution in [0.2, 0.25) is 0 Å². The fourth-order valence-electron chi connectivity index (χ4n) is 3.00. The maximum Gasteiger partial charge on any atom is 0.328 e. The van der Waals surface area contributed by atoms with Crippen LogP contribution in [0.15, 0.2) is 24.3 Å². The molecule has 0 saturated carbocycles. The Morgan fingerprint density at radius 1 is 1.30 bits per heavy atom. The van der Waals surface area contributed by atoms with Crippen molar-refractivity contribution in [3.63, 3.8) is 0 Å². The van der Waals surface area contributed by atoms with E-state index in [9.17, 15) is 18.0 Å². The molecule has 2 atom stereocenters. The molecule has 0 aromatic heterocycles. The Morgan fingerprint density at radius 2 is 1.96 bits per heavy atom. The Bertz CT molecular complexity index is 765. The first-order chi connectivity index (χ1) is 12.8. The van der Waals surface area contributed by atoms with E-state index in [4.69, 9.17) is 9.47 Å². The number of ether oxygens (including phenoxy) is 2. The molecule has 27 heavy (non-hydrogen) atoms. The van der Waals surface area contributed by atoms with Crippen LogP contribution >= 0.6 is 0 Å². The second-order valence-electron chi connectivity index (χ2n) is 6.34. The summed E-state index contributed by atoms with van der Waals surface area (Å²) in [5, 5.41) is 4.52. The van der Waals surface area contributed by atoms with Crippen molar-refractivity contribution < 1.29 is 32.8 Å². The summed E-state index contributed by atoms with van der Waals surface area (Å²) in [6, 6.07) is 5.31. The molecule has 10 heteroatoms. The number of carbonyl (C=O) groups excluding carboxylic acids is 2. The minimum Gasteiger partial charge on any atom is -0.497 e. The van der Waals surface area contributed by atoms with Gasteiger partial charge in [-0.3, -0.25) is 4.79 Å². The van der Waals surface area contributed by atoms with Gasteiger partial charge in [-0.15, -0.1) is 0 Å². The Morgan fingerprint density at radius 3 is 2.52 bits per heavy atom. The van der Waals surface area contributed by atoms with Crippen LogP contribution in [0.25, 0.3) is 0 Å². The van der Waals surface area contributed by atoms with E-state index < -0.39 is 34.0 Å². The third-order valence-corrected chi connectivity index (χ3v) is 5.71. The number of carbonyl (C=O) groups is 2. The molecule has 1 aromatic rings. The predicted molar refractivity (Wildman–Crippen MR) is 97.6 cm³/mol. The number of nitrogens with zero attached hydrogens (tertiary/aromatic N) is 1. The van der Waals surface area contributed by atoms with Crippen LogP contribution in [0, 0.1) is 0 Å². The number of piperazine rings is 1. The Balaban J connectivity index is 2.14. The van der Waals surface area contributed by atoms with Gasteiger partial charge < -0.3 is 20.1 Å². The lowest BCUT2D eigenvalue weighted by atomic mass is 10.0. The zero-order valence-corrected chi connectivity index (χ0v) is 16.5. The van der Waals surface area contributed by atoms with Gasteiger partial charge in [-0.05, 0) is 17.7 Å². The molecular formula is C17H26N3O6S+. The van der Waals surface area contributed by atoms with Crippen LogP contribution in [0.3, 0.4) is 0 Å². The monoisotopic (exact) mass is 400 g/mol. The van der Waals surface area contributed by atoms with Crippen LogP contribution in [0.4, 0.5) is 0 Å². The van der Waals surface area contributed by atoms with Crippen molar-refractivity contribution in [1.29, 1.82) is 0 Å². The molecule has 0 radical (unpaired) electrons. The Kier molecular flexibility index (Phi) is 7.17. The van der Waals surface area contributed by atoms with E-state index in [0.29, 0.717) is 18.8 Å². The van der Waals surface area contributed by atoms with Gasteiger partial charge in [-0.25, -0.2) is 13.2 Å². The molecule has 1 aromatic carbocycles. The molecule has 0 spiro atoms. The average Bonchev–Trinajstić information content (AvgIpc) is 2.66. The summed E-state index contributed by atoms with van der Waals surface area (Å²) in [5.41, 5.74) is 0.807. The summed E-state index contributed by atoms with van der Waals surface area (Å²) in [6.07, 6.45) is 1.30. The molecule has 1 heterocycles. The van der Waals surface area contributed by atoms with Crippen molar-refractivity contribution >= 4 is 21.9 Å². The van der Waals surface area contributed by atoms with Crippen molar-refractivity contribution in [3.05, 3.63) is 29.8 Å². The highest BCUT2D eigenvalue weighted by Gasteiger charge is 2.38. The molecule has 1 fully saturated rings. The predicted octanol–water partition coefficient (Wildman–Crippen LogP) is -1.90. The highest BCUT2D eigenvalue weighted by atomic mass is 32.2. The Labute approximate surface area is 159 Å². The Hall–Kier alpha value is -2.17. The van der Waals surface area contributed by atoms with Gasteiger partial charge in [0.2, 0.25) is 15.9 Å². The quantitative estimate of drug-likeness (QED) is 0.516. The second-order valence-corrected chi connectivity index (χ2v) is 8.27. The summed E-state index contributed by atoms with van der Waals surface area (Å²) in [4.78, 5) is 24.8. The number of nitrogens with two attached hydrogens (primary N) is 1. The fraction of sp³-hybridized carbons (Fsp3) is 0.529. The standard InChI is InChI=1S/C17H25N3O6S/c1-25-13-6-4-12(5-7-13)10-14(17(22)26-2)19-16(21)15-11-18-8-9-20(15)27(3,23)24/h4-7,14-15,18H,8-11H2,1-3H3,(H,19,21)/p+1/t14-,15-/m0/s1. The lowest BCUT2D eigenvalue weighted by Crippen LogP contribution is -2.92. The molecule has 1 saturated heterocycles. The SMILES string of the molecule is COC(=O)[C@H](Cc1ccc(OC)cc1)NC(=O)[C@@H]1C[NH2+]CCN1S(C)(=O)=O. The zero-order valence-electron chi connectivity index (χ0n) is 15.7. The second kappa shape index (κ2) is 9.16. The highest BCUT2D eigenvalue weighted by molar-refractivity contribution is 7.88. The van der Waals surface area contributed by atoms with E-state index in [1.165, 1.54) is 11.4 Å². The van der Waals surface area contributed by atoms with Crippen molar-refractivity contribution in [1.82, 2.24) is 9.62 Å². The molecule has 0 aliphatic carbocycles. The van der Waals surface area contributed by atoms with E-state index in [0.717, 1.165) is 11.8 Å². The number of benzene rings is 1. The number of nitrogens with one attached hydrogen (secondary N) is 1. The number of quaternary nitrogens is 1. The van der Waals surface area contributed by atoms with E-state index in [1.807, 2.05) is 5.32 Å². The van der Waals surface area contributed by atoms with Gasteiger partial charge in [-0.1, -0.05) is 12.1 Å². The van der Waals surface area contributed by atoms with Crippen LogP contribution in [0.5, 0.6) is 5.75 Å². The number of methoxy groups -OCH3 is 2. The zero-order chi connectivity index (χ0) is 20.0. The van der Waals surface area contributed by atoms with Gasteiger partial charge in [0.25, 0.3) is 0 Å². The van der Waals surface area contributed by atoms with Crippen molar-refractivity contribution in [2.75, 3.05) is 40.1 Å². The summed E-state index contributed by atoms with van der Waals surface area (Å²) in [7, 11) is -0.726. The van der Waals surface area contributed by atoms with Gasteiger partial charge in [0.15, 0.2) is 6.04 Å². The van der Waals surface area contributed by atoms with Gasteiger partial charge in [-0.2, -0.15) is 4.31 Å². The fourth-order valence-corrected chi connectivity index (χ4v) is 4.08. The summed E-state index contributed by atoms with van der Waals surface area (Å²) in [6.45, 7) is 1.14. The topological polar surface area (TPSA) is 119 Å². The van der Waals surface area contributed by atoms with Gasteiger partial charge in [0.1, 0.15) is 18.3 Å². The molecule has 150 valence electrons. The lowest BCUT2D eigenvalue weighted by molar-refractivity contribution is -0.664. The third kappa shape index (κ3) is 5.65. The highest BCUT2D eigenvalue weighted by Crippen LogP contribution is 2.14. The lowest BCUT2D eigenvalue weighted by Gasteiger charge is -2.31. The summed E-state index contributed by atoms with van der Waals surface area (Å²) < 4.78 is 35.0. The van der Waals surface area contributed by atoms with Crippen molar-refractivity contribution in [2.24, 2.45) is 0 Å². The first kappa shape index (κ1) is 21.1. The van der Waals surface area contributed by atoms with Crippen LogP contribution < -0.4 is 15.4 Å². The molecular weight excluding hydrogens is 374 g/mol. The van der Waals surface area contributed by atoms with Gasteiger partial charge >= 0.3 is 5.97 Å².